The fourth-order valence-corrected chi connectivity index (χ4v) is 4.53. The van der Waals surface area contributed by atoms with E-state index < -0.39 is 7.26 Å². The molecule has 19 heavy (non-hydrogen) atoms. The zero-order valence-corrected chi connectivity index (χ0v) is 14.2. The van der Waals surface area contributed by atoms with Crippen LogP contribution in [0.15, 0.2) is 12.1 Å². The lowest BCUT2D eigenvalue weighted by molar-refractivity contribution is -0.115. The molecule has 1 rings (SSSR count). The third-order valence-corrected chi connectivity index (χ3v) is 6.02. The van der Waals surface area contributed by atoms with Crippen molar-refractivity contribution in [1.82, 2.24) is 0 Å². The highest BCUT2D eigenvalue weighted by molar-refractivity contribution is 7.75. The highest BCUT2D eigenvalue weighted by atomic mass is 31.2. The van der Waals surface area contributed by atoms with E-state index in [1.54, 1.807) is 0 Å². The highest BCUT2D eigenvalue weighted by Crippen LogP contribution is 2.53. The van der Waals surface area contributed by atoms with E-state index in [2.05, 4.69) is 65.1 Å². The lowest BCUT2D eigenvalue weighted by Gasteiger charge is -2.23. The van der Waals surface area contributed by atoms with E-state index in [4.69, 9.17) is 0 Å². The number of hydrogen-bond acceptors (Lipinski definition) is 1. The summed E-state index contributed by atoms with van der Waals surface area (Å²) in [5.74, 6) is 0.179. The first-order valence-corrected chi connectivity index (χ1v) is 10.1. The summed E-state index contributed by atoms with van der Waals surface area (Å²) >= 11 is 0. The maximum absolute atomic E-state index is 12.5. The normalized spacial score (nSPS) is 13.2. The van der Waals surface area contributed by atoms with Gasteiger partial charge in [-0.3, -0.25) is 4.79 Å². The summed E-state index contributed by atoms with van der Waals surface area (Å²) in [5.41, 5.74) is 4.67. The van der Waals surface area contributed by atoms with Crippen molar-refractivity contribution in [3.8, 4) is 0 Å². The molecule has 1 atom stereocenters. The number of hydrogen-bond donors (Lipinski definition) is 1. The Morgan fingerprint density at radius 3 is 2.00 bits per heavy atom. The van der Waals surface area contributed by atoms with Gasteiger partial charge >= 0.3 is 0 Å². The SMILES string of the molecule is CCC(C(=O)Nc1c(C)cc(C)cc1C)[P+](C)(C)C. The summed E-state index contributed by atoms with van der Waals surface area (Å²) in [4.78, 5) is 12.5. The maximum atomic E-state index is 12.5. The second-order valence-corrected chi connectivity index (χ2v) is 11.2. The molecule has 0 fully saturated rings. The van der Waals surface area contributed by atoms with Crippen LogP contribution < -0.4 is 5.32 Å². The summed E-state index contributed by atoms with van der Waals surface area (Å²) in [6, 6.07) is 4.24. The van der Waals surface area contributed by atoms with Crippen LogP contribution in [0.3, 0.4) is 0 Å². The number of anilines is 1. The molecule has 0 heterocycles. The molecule has 0 aromatic heterocycles. The van der Waals surface area contributed by atoms with Crippen molar-refractivity contribution in [2.45, 2.75) is 39.8 Å². The van der Waals surface area contributed by atoms with E-state index in [0.29, 0.717) is 0 Å². The molecule has 1 unspecified atom stereocenters. The fraction of sp³-hybridized carbons (Fsp3) is 0.562. The Labute approximate surface area is 118 Å². The zero-order valence-electron chi connectivity index (χ0n) is 13.3. The van der Waals surface area contributed by atoms with E-state index in [-0.39, 0.29) is 11.6 Å². The first-order valence-electron chi connectivity index (χ1n) is 6.86. The van der Waals surface area contributed by atoms with Gasteiger partial charge in [0.2, 0.25) is 0 Å². The van der Waals surface area contributed by atoms with Gasteiger partial charge in [0.1, 0.15) is 5.66 Å². The number of aryl methyl sites for hydroxylation is 3. The van der Waals surface area contributed by atoms with Crippen LogP contribution >= 0.6 is 7.26 Å². The fourth-order valence-electron chi connectivity index (χ4n) is 2.67. The lowest BCUT2D eigenvalue weighted by atomic mass is 10.0. The quantitative estimate of drug-likeness (QED) is 0.821. The second-order valence-electron chi connectivity index (χ2n) is 6.30. The molecule has 0 aliphatic carbocycles. The van der Waals surface area contributed by atoms with Crippen molar-refractivity contribution < 1.29 is 4.79 Å². The summed E-state index contributed by atoms with van der Waals surface area (Å²) < 4.78 is 0. The molecule has 0 bridgehead atoms. The molecule has 0 saturated carbocycles. The number of carbonyl (C=O) groups excluding carboxylic acids is 1. The summed E-state index contributed by atoms with van der Waals surface area (Å²) in [7, 11) is -1.17. The molecule has 2 nitrogen and oxygen atoms in total. The van der Waals surface area contributed by atoms with Gasteiger partial charge in [-0.25, -0.2) is 0 Å². The maximum Gasteiger partial charge on any atom is 0.264 e. The molecule has 3 heteroatoms. The number of amides is 1. The predicted octanol–water partition coefficient (Wildman–Crippen LogP) is 4.24. The van der Waals surface area contributed by atoms with Gasteiger partial charge in [0.25, 0.3) is 5.91 Å². The van der Waals surface area contributed by atoms with Crippen LogP contribution in [0.25, 0.3) is 0 Å². The van der Waals surface area contributed by atoms with E-state index in [0.717, 1.165) is 23.2 Å². The van der Waals surface area contributed by atoms with E-state index in [1.165, 1.54) is 5.56 Å². The third kappa shape index (κ3) is 4.04. The van der Waals surface area contributed by atoms with E-state index >= 15 is 0 Å². The van der Waals surface area contributed by atoms with Gasteiger partial charge in [0, 0.05) is 32.9 Å². The first-order chi connectivity index (χ1) is 8.66. The minimum Gasteiger partial charge on any atom is -0.322 e. The van der Waals surface area contributed by atoms with E-state index in [1.807, 2.05) is 0 Å². The van der Waals surface area contributed by atoms with Gasteiger partial charge in [-0.15, -0.1) is 0 Å². The van der Waals surface area contributed by atoms with Gasteiger partial charge < -0.3 is 5.32 Å². The van der Waals surface area contributed by atoms with Crippen molar-refractivity contribution in [3.63, 3.8) is 0 Å². The van der Waals surface area contributed by atoms with E-state index in [9.17, 15) is 4.79 Å². The monoisotopic (exact) mass is 280 g/mol. The average molecular weight is 280 g/mol. The minimum atomic E-state index is -1.17. The van der Waals surface area contributed by atoms with Gasteiger partial charge in [0.15, 0.2) is 0 Å². The Morgan fingerprint density at radius 1 is 1.16 bits per heavy atom. The number of rotatable bonds is 4. The number of nitrogens with one attached hydrogen (secondary N) is 1. The van der Waals surface area contributed by atoms with Crippen LogP contribution in [-0.2, 0) is 4.79 Å². The molecule has 0 aliphatic heterocycles. The molecule has 0 radical (unpaired) electrons. The predicted molar refractivity (Wildman–Crippen MR) is 88.1 cm³/mol. The van der Waals surface area contributed by atoms with Gasteiger partial charge in [0.05, 0.1) is 0 Å². The molecule has 1 N–H and O–H groups in total. The molecule has 1 amide bonds. The van der Waals surface area contributed by atoms with Crippen molar-refractivity contribution >= 4 is 18.9 Å². The molecular weight excluding hydrogens is 253 g/mol. The highest BCUT2D eigenvalue weighted by Gasteiger charge is 2.36. The van der Waals surface area contributed by atoms with Gasteiger partial charge in [-0.2, -0.15) is 0 Å². The third-order valence-electron chi connectivity index (χ3n) is 3.55. The smallest absolute Gasteiger partial charge is 0.264 e. The van der Waals surface area contributed by atoms with Crippen LogP contribution in [0.4, 0.5) is 5.69 Å². The Balaban J connectivity index is 3.00. The molecule has 0 aliphatic rings. The standard InChI is InChI=1S/C16H26NOP/c1-8-14(19(5,6)7)16(18)17-15-12(3)9-11(2)10-13(15)4/h9-10,14H,8H2,1-7H3/p+1. The van der Waals surface area contributed by atoms with Crippen molar-refractivity contribution in [1.29, 1.82) is 0 Å². The summed E-state index contributed by atoms with van der Waals surface area (Å²) in [6.07, 6.45) is 0.910. The minimum absolute atomic E-state index is 0.146. The first kappa shape index (κ1) is 16.2. The van der Waals surface area contributed by atoms with Crippen molar-refractivity contribution in [2.75, 3.05) is 25.3 Å². The number of carbonyl (C=O) groups is 1. The van der Waals surface area contributed by atoms with Crippen molar-refractivity contribution in [2.24, 2.45) is 0 Å². The molecular formula is C16H27NOP+. The van der Waals surface area contributed by atoms with Crippen molar-refractivity contribution in [3.05, 3.63) is 28.8 Å². The van der Waals surface area contributed by atoms with Crippen LogP contribution in [0.5, 0.6) is 0 Å². The number of benzene rings is 1. The second kappa shape index (κ2) is 6.05. The topological polar surface area (TPSA) is 29.1 Å². The van der Waals surface area contributed by atoms with Gasteiger partial charge in [-0.05, 0) is 38.3 Å². The average Bonchev–Trinajstić information content (AvgIpc) is 2.22. The largest absolute Gasteiger partial charge is 0.322 e. The lowest BCUT2D eigenvalue weighted by Crippen LogP contribution is -2.29. The Bertz CT molecular complexity index is 451. The van der Waals surface area contributed by atoms with Crippen LogP contribution in [0.2, 0.25) is 0 Å². The summed E-state index contributed by atoms with van der Waals surface area (Å²) in [6.45, 7) is 15.0. The molecule has 0 spiro atoms. The Morgan fingerprint density at radius 2 is 1.63 bits per heavy atom. The van der Waals surface area contributed by atoms with Crippen LogP contribution in [0, 0.1) is 20.8 Å². The molecule has 1 aromatic rings. The Hall–Kier alpha value is -0.880. The molecule has 106 valence electrons. The van der Waals surface area contributed by atoms with Crippen LogP contribution in [-0.4, -0.2) is 31.6 Å². The summed E-state index contributed by atoms with van der Waals surface area (Å²) in [5, 5.41) is 3.15. The van der Waals surface area contributed by atoms with Crippen LogP contribution in [0.1, 0.15) is 30.0 Å². The molecule has 1 aromatic carbocycles. The van der Waals surface area contributed by atoms with Gasteiger partial charge in [-0.1, -0.05) is 24.6 Å². The zero-order chi connectivity index (χ0) is 14.8. The molecule has 0 saturated heterocycles. The Kier molecular flexibility index (Phi) is 5.15.